The number of methoxy groups -OCH3 is 1. The first-order chi connectivity index (χ1) is 10.4. The molecular weight excluding hydrogens is 304 g/mol. The molecule has 0 aliphatic heterocycles. The molecule has 22 heavy (non-hydrogen) atoms. The first-order valence-electron chi connectivity index (χ1n) is 7.22. The van der Waals surface area contributed by atoms with Gasteiger partial charge in [0.2, 0.25) is 15.9 Å². The molecule has 0 aromatic heterocycles. The zero-order valence-corrected chi connectivity index (χ0v) is 14.1. The van der Waals surface area contributed by atoms with Crippen LogP contribution in [0.2, 0.25) is 0 Å². The van der Waals surface area contributed by atoms with Crippen LogP contribution in [0.4, 0.5) is 0 Å². The molecule has 124 valence electrons. The Morgan fingerprint density at radius 3 is 2.59 bits per heavy atom. The molecule has 7 heteroatoms. The number of nitrogens with zero attached hydrogens (tertiary/aromatic N) is 1. The number of benzene rings is 1. The SMILES string of the molecule is CCCNC(=O)CCN(Cc1ccccc1OC)S(C)(=O)=O. The number of carbonyl (C=O) groups is 1. The summed E-state index contributed by atoms with van der Waals surface area (Å²) in [6.07, 6.45) is 2.14. The van der Waals surface area contributed by atoms with E-state index in [2.05, 4.69) is 5.32 Å². The van der Waals surface area contributed by atoms with Crippen molar-refractivity contribution >= 4 is 15.9 Å². The number of hydrogen-bond donors (Lipinski definition) is 1. The molecule has 0 aliphatic carbocycles. The Hall–Kier alpha value is -1.60. The van der Waals surface area contributed by atoms with Crippen LogP contribution < -0.4 is 10.1 Å². The molecule has 0 radical (unpaired) electrons. The van der Waals surface area contributed by atoms with Crippen molar-refractivity contribution in [3.63, 3.8) is 0 Å². The Morgan fingerprint density at radius 2 is 2.00 bits per heavy atom. The highest BCUT2D eigenvalue weighted by Gasteiger charge is 2.19. The molecule has 6 nitrogen and oxygen atoms in total. The van der Waals surface area contributed by atoms with E-state index in [0.29, 0.717) is 12.3 Å². The molecule has 0 atom stereocenters. The second kappa shape index (κ2) is 8.75. The van der Waals surface area contributed by atoms with Crippen molar-refractivity contribution in [2.24, 2.45) is 0 Å². The standard InChI is InChI=1S/C15H24N2O4S/c1-4-10-16-15(18)9-11-17(22(3,19)20)12-13-7-5-6-8-14(13)21-2/h5-8H,4,9-12H2,1-3H3,(H,16,18). The summed E-state index contributed by atoms with van der Waals surface area (Å²) in [5, 5.41) is 2.74. The average Bonchev–Trinajstić information content (AvgIpc) is 2.48. The van der Waals surface area contributed by atoms with E-state index in [-0.39, 0.29) is 25.4 Å². The third-order valence-electron chi connectivity index (χ3n) is 3.17. The summed E-state index contributed by atoms with van der Waals surface area (Å²) in [4.78, 5) is 11.7. The van der Waals surface area contributed by atoms with Gasteiger partial charge in [0.15, 0.2) is 0 Å². The quantitative estimate of drug-likeness (QED) is 0.743. The van der Waals surface area contributed by atoms with Gasteiger partial charge in [0, 0.05) is 31.6 Å². The van der Waals surface area contributed by atoms with Gasteiger partial charge >= 0.3 is 0 Å². The van der Waals surface area contributed by atoms with Crippen LogP contribution in [0.5, 0.6) is 5.75 Å². The molecule has 1 rings (SSSR count). The maximum absolute atomic E-state index is 11.9. The summed E-state index contributed by atoms with van der Waals surface area (Å²) in [5.74, 6) is 0.488. The van der Waals surface area contributed by atoms with Crippen LogP contribution in [0.15, 0.2) is 24.3 Å². The van der Waals surface area contributed by atoms with E-state index in [4.69, 9.17) is 4.74 Å². The first-order valence-corrected chi connectivity index (χ1v) is 9.07. The number of para-hydroxylation sites is 1. The number of hydrogen-bond acceptors (Lipinski definition) is 4. The first kappa shape index (κ1) is 18.4. The Bertz CT molecular complexity index is 587. The maximum atomic E-state index is 11.9. The fourth-order valence-electron chi connectivity index (χ4n) is 1.96. The van der Waals surface area contributed by atoms with Crippen molar-refractivity contribution in [3.05, 3.63) is 29.8 Å². The highest BCUT2D eigenvalue weighted by Crippen LogP contribution is 2.20. The second-order valence-corrected chi connectivity index (χ2v) is 6.99. The van der Waals surface area contributed by atoms with Crippen molar-refractivity contribution in [2.45, 2.75) is 26.3 Å². The van der Waals surface area contributed by atoms with E-state index in [1.807, 2.05) is 25.1 Å². The van der Waals surface area contributed by atoms with Gasteiger partial charge in [-0.2, -0.15) is 4.31 Å². The van der Waals surface area contributed by atoms with Crippen LogP contribution >= 0.6 is 0 Å². The summed E-state index contributed by atoms with van der Waals surface area (Å²) in [6, 6.07) is 7.25. The summed E-state index contributed by atoms with van der Waals surface area (Å²) >= 11 is 0. The van der Waals surface area contributed by atoms with E-state index >= 15 is 0 Å². The minimum absolute atomic E-state index is 0.141. The lowest BCUT2D eigenvalue weighted by molar-refractivity contribution is -0.121. The second-order valence-electron chi connectivity index (χ2n) is 5.01. The highest BCUT2D eigenvalue weighted by atomic mass is 32.2. The third-order valence-corrected chi connectivity index (χ3v) is 4.42. The van der Waals surface area contributed by atoms with E-state index in [1.54, 1.807) is 13.2 Å². The molecule has 0 aliphatic rings. The number of carbonyl (C=O) groups excluding carboxylic acids is 1. The Balaban J connectivity index is 2.76. The molecule has 1 aromatic rings. The lowest BCUT2D eigenvalue weighted by atomic mass is 10.2. The molecule has 0 saturated carbocycles. The predicted octanol–water partition coefficient (Wildman–Crippen LogP) is 1.37. The predicted molar refractivity (Wildman–Crippen MR) is 86.2 cm³/mol. The molecule has 1 aromatic carbocycles. The highest BCUT2D eigenvalue weighted by molar-refractivity contribution is 7.88. The van der Waals surface area contributed by atoms with Gasteiger partial charge < -0.3 is 10.1 Å². The van der Waals surface area contributed by atoms with E-state index in [9.17, 15) is 13.2 Å². The van der Waals surface area contributed by atoms with Crippen LogP contribution in [-0.4, -0.2) is 45.1 Å². The third kappa shape index (κ3) is 6.03. The van der Waals surface area contributed by atoms with Crippen LogP contribution in [0.25, 0.3) is 0 Å². The summed E-state index contributed by atoms with van der Waals surface area (Å²) < 4.78 is 30.4. The number of amides is 1. The smallest absolute Gasteiger partial charge is 0.221 e. The van der Waals surface area contributed by atoms with Crippen molar-refractivity contribution < 1.29 is 17.9 Å². The van der Waals surface area contributed by atoms with E-state index in [0.717, 1.165) is 18.2 Å². The average molecular weight is 328 g/mol. The summed E-state index contributed by atoms with van der Waals surface area (Å²) in [5.41, 5.74) is 0.768. The Morgan fingerprint density at radius 1 is 1.32 bits per heavy atom. The number of nitrogens with one attached hydrogen (secondary N) is 1. The zero-order valence-electron chi connectivity index (χ0n) is 13.3. The largest absolute Gasteiger partial charge is 0.496 e. The van der Waals surface area contributed by atoms with Gasteiger partial charge in [0.1, 0.15) is 5.75 Å². The lowest BCUT2D eigenvalue weighted by Gasteiger charge is -2.21. The maximum Gasteiger partial charge on any atom is 0.221 e. The minimum Gasteiger partial charge on any atom is -0.496 e. The van der Waals surface area contributed by atoms with Gasteiger partial charge in [0.25, 0.3) is 0 Å². The summed E-state index contributed by atoms with van der Waals surface area (Å²) in [7, 11) is -1.86. The van der Waals surface area contributed by atoms with Crippen LogP contribution in [0.3, 0.4) is 0 Å². The molecule has 0 fully saturated rings. The van der Waals surface area contributed by atoms with Crippen LogP contribution in [0, 0.1) is 0 Å². The zero-order chi connectivity index (χ0) is 16.6. The fourth-order valence-corrected chi connectivity index (χ4v) is 2.76. The van der Waals surface area contributed by atoms with Crippen molar-refractivity contribution in [3.8, 4) is 5.75 Å². The molecule has 0 heterocycles. The molecule has 0 unspecified atom stereocenters. The van der Waals surface area contributed by atoms with Gasteiger partial charge in [-0.1, -0.05) is 25.1 Å². The molecule has 0 saturated heterocycles. The van der Waals surface area contributed by atoms with Gasteiger partial charge in [-0.15, -0.1) is 0 Å². The van der Waals surface area contributed by atoms with Gasteiger partial charge in [-0.25, -0.2) is 8.42 Å². The van der Waals surface area contributed by atoms with Crippen LogP contribution in [0.1, 0.15) is 25.3 Å². The number of rotatable bonds is 9. The normalized spacial score (nSPS) is 11.5. The van der Waals surface area contributed by atoms with Crippen molar-refractivity contribution in [2.75, 3.05) is 26.5 Å². The molecule has 1 amide bonds. The Kier molecular flexibility index (Phi) is 7.34. The molecule has 1 N–H and O–H groups in total. The van der Waals surface area contributed by atoms with Gasteiger partial charge in [-0.05, 0) is 12.5 Å². The molecule has 0 spiro atoms. The minimum atomic E-state index is -3.41. The van der Waals surface area contributed by atoms with Crippen molar-refractivity contribution in [1.82, 2.24) is 9.62 Å². The van der Waals surface area contributed by atoms with E-state index in [1.165, 1.54) is 4.31 Å². The fraction of sp³-hybridized carbons (Fsp3) is 0.533. The molecular formula is C15H24N2O4S. The van der Waals surface area contributed by atoms with Gasteiger partial charge in [0.05, 0.1) is 13.4 Å². The van der Waals surface area contributed by atoms with Crippen LogP contribution in [-0.2, 0) is 21.4 Å². The monoisotopic (exact) mass is 328 g/mol. The summed E-state index contributed by atoms with van der Waals surface area (Å²) in [6.45, 7) is 2.89. The molecule has 0 bridgehead atoms. The topological polar surface area (TPSA) is 75.7 Å². The number of ether oxygens (including phenoxy) is 1. The van der Waals surface area contributed by atoms with E-state index < -0.39 is 10.0 Å². The van der Waals surface area contributed by atoms with Gasteiger partial charge in [-0.3, -0.25) is 4.79 Å². The van der Waals surface area contributed by atoms with Crippen molar-refractivity contribution in [1.29, 1.82) is 0 Å². The lowest BCUT2D eigenvalue weighted by Crippen LogP contribution is -2.34. The number of sulfonamides is 1. The Labute approximate surface area is 132 Å².